The Bertz CT molecular complexity index is 728. The van der Waals surface area contributed by atoms with E-state index >= 15 is 0 Å². The molecule has 3 atom stereocenters. The molecule has 0 aromatic heterocycles. The quantitative estimate of drug-likeness (QED) is 0.640. The standard InChI is InChI=1S/C23H31NO2S.ClH/c1-24(2)16-20-14-21(26-17-18-8-5-4-6-9-18)12-13-23(20,25)19-10-7-11-22(15-19)27-3;/h4-11,15,20-21,25H,12-14,16-17H2,1-3H3;1H/t20-,21+,23+;/m1./s1. The summed E-state index contributed by atoms with van der Waals surface area (Å²) in [5, 5.41) is 11.7. The Hall–Kier alpha value is -1.04. The molecule has 3 rings (SSSR count). The minimum Gasteiger partial charge on any atom is -0.385 e. The maximum atomic E-state index is 11.7. The van der Waals surface area contributed by atoms with Crippen LogP contribution in [0.15, 0.2) is 59.5 Å². The second-order valence-electron chi connectivity index (χ2n) is 7.81. The number of rotatable bonds is 7. The van der Waals surface area contributed by atoms with Crippen molar-refractivity contribution in [2.24, 2.45) is 5.92 Å². The molecule has 28 heavy (non-hydrogen) atoms. The first-order valence-electron chi connectivity index (χ1n) is 9.68. The summed E-state index contributed by atoms with van der Waals surface area (Å²) in [7, 11) is 4.15. The molecule has 0 heterocycles. The second-order valence-corrected chi connectivity index (χ2v) is 8.69. The molecule has 2 aromatic rings. The van der Waals surface area contributed by atoms with E-state index in [1.54, 1.807) is 11.8 Å². The number of thioether (sulfide) groups is 1. The van der Waals surface area contributed by atoms with Crippen molar-refractivity contribution in [3.63, 3.8) is 0 Å². The van der Waals surface area contributed by atoms with E-state index < -0.39 is 5.60 Å². The molecule has 1 aliphatic carbocycles. The van der Waals surface area contributed by atoms with Crippen LogP contribution in [0.1, 0.15) is 30.4 Å². The van der Waals surface area contributed by atoms with Crippen LogP contribution in [0.5, 0.6) is 0 Å². The molecule has 0 unspecified atom stereocenters. The van der Waals surface area contributed by atoms with Crippen molar-refractivity contribution in [2.45, 2.75) is 42.5 Å². The predicted molar refractivity (Wildman–Crippen MR) is 120 cm³/mol. The molecule has 0 aliphatic heterocycles. The topological polar surface area (TPSA) is 32.7 Å². The van der Waals surface area contributed by atoms with Crippen molar-refractivity contribution in [3.05, 3.63) is 65.7 Å². The van der Waals surface area contributed by atoms with E-state index in [2.05, 4.69) is 61.6 Å². The van der Waals surface area contributed by atoms with E-state index in [1.807, 2.05) is 18.2 Å². The predicted octanol–water partition coefficient (Wildman–Crippen LogP) is 4.97. The zero-order valence-electron chi connectivity index (χ0n) is 17.0. The molecule has 0 radical (unpaired) electrons. The highest BCUT2D eigenvalue weighted by molar-refractivity contribution is 7.98. The maximum absolute atomic E-state index is 11.7. The van der Waals surface area contributed by atoms with Crippen LogP contribution in [0.2, 0.25) is 0 Å². The van der Waals surface area contributed by atoms with E-state index in [4.69, 9.17) is 4.74 Å². The van der Waals surface area contributed by atoms with Crippen LogP contribution in [0.25, 0.3) is 0 Å². The van der Waals surface area contributed by atoms with Gasteiger partial charge in [0.05, 0.1) is 18.3 Å². The summed E-state index contributed by atoms with van der Waals surface area (Å²) in [5.41, 5.74) is 1.46. The first-order valence-corrected chi connectivity index (χ1v) is 10.9. The van der Waals surface area contributed by atoms with Gasteiger partial charge in [-0.05, 0) is 62.9 Å². The van der Waals surface area contributed by atoms with E-state index in [1.165, 1.54) is 10.5 Å². The van der Waals surface area contributed by atoms with Crippen molar-refractivity contribution < 1.29 is 9.84 Å². The van der Waals surface area contributed by atoms with Gasteiger partial charge in [-0.15, -0.1) is 24.2 Å². The molecule has 1 aliphatic rings. The number of halogens is 1. The van der Waals surface area contributed by atoms with Gasteiger partial charge >= 0.3 is 0 Å². The average Bonchev–Trinajstić information content (AvgIpc) is 2.69. The molecule has 5 heteroatoms. The fraction of sp³-hybridized carbons (Fsp3) is 0.478. The number of hydrogen-bond acceptors (Lipinski definition) is 4. The minimum atomic E-state index is -0.789. The number of hydrogen-bond donors (Lipinski definition) is 1. The van der Waals surface area contributed by atoms with Crippen LogP contribution in [-0.2, 0) is 16.9 Å². The lowest BCUT2D eigenvalue weighted by atomic mass is 9.70. The molecular formula is C23H32ClNO2S. The van der Waals surface area contributed by atoms with Crippen LogP contribution < -0.4 is 0 Å². The van der Waals surface area contributed by atoms with Crippen molar-refractivity contribution in [3.8, 4) is 0 Å². The van der Waals surface area contributed by atoms with Crippen LogP contribution in [0, 0.1) is 5.92 Å². The molecule has 154 valence electrons. The molecule has 0 amide bonds. The third kappa shape index (κ3) is 5.74. The summed E-state index contributed by atoms with van der Waals surface area (Å²) in [5.74, 6) is 0.152. The van der Waals surface area contributed by atoms with Gasteiger partial charge in [-0.1, -0.05) is 42.5 Å². The second kappa shape index (κ2) is 10.7. The summed E-state index contributed by atoms with van der Waals surface area (Å²) in [4.78, 5) is 3.38. The fourth-order valence-corrected chi connectivity index (χ4v) is 4.55. The number of nitrogens with zero attached hydrogens (tertiary/aromatic N) is 1. The SMILES string of the molecule is CSc1cccc([C@@]2(O)CC[C@H](OCc3ccccc3)C[C@@H]2CN(C)C)c1.Cl. The summed E-state index contributed by atoms with van der Waals surface area (Å²) in [6.45, 7) is 1.49. The summed E-state index contributed by atoms with van der Waals surface area (Å²) >= 11 is 1.72. The van der Waals surface area contributed by atoms with Gasteiger partial charge in [0, 0.05) is 17.4 Å². The van der Waals surface area contributed by atoms with E-state index in [-0.39, 0.29) is 24.4 Å². The van der Waals surface area contributed by atoms with E-state index in [0.29, 0.717) is 6.61 Å². The molecule has 2 aromatic carbocycles. The Morgan fingerprint density at radius 2 is 1.89 bits per heavy atom. The van der Waals surface area contributed by atoms with Crippen molar-refractivity contribution in [1.82, 2.24) is 4.90 Å². The molecule has 0 spiro atoms. The van der Waals surface area contributed by atoms with Gasteiger partial charge in [0.25, 0.3) is 0 Å². The Morgan fingerprint density at radius 3 is 2.57 bits per heavy atom. The van der Waals surface area contributed by atoms with Gasteiger partial charge in [-0.25, -0.2) is 0 Å². The van der Waals surface area contributed by atoms with E-state index in [9.17, 15) is 5.11 Å². The smallest absolute Gasteiger partial charge is 0.0939 e. The lowest BCUT2D eigenvalue weighted by Gasteiger charge is -2.44. The first-order chi connectivity index (χ1) is 13.0. The molecule has 0 saturated heterocycles. The van der Waals surface area contributed by atoms with Crippen LogP contribution in [0.4, 0.5) is 0 Å². The Balaban J connectivity index is 0.00000280. The van der Waals surface area contributed by atoms with Gasteiger partial charge in [0.2, 0.25) is 0 Å². The highest BCUT2D eigenvalue weighted by atomic mass is 35.5. The van der Waals surface area contributed by atoms with Crippen LogP contribution in [-0.4, -0.2) is 43.0 Å². The highest BCUT2D eigenvalue weighted by Gasteiger charge is 2.43. The van der Waals surface area contributed by atoms with Crippen LogP contribution >= 0.6 is 24.2 Å². The molecule has 1 N–H and O–H groups in total. The van der Waals surface area contributed by atoms with Crippen molar-refractivity contribution >= 4 is 24.2 Å². The number of benzene rings is 2. The third-order valence-corrected chi connectivity index (χ3v) is 6.28. The number of ether oxygens (including phenoxy) is 1. The largest absolute Gasteiger partial charge is 0.385 e. The van der Waals surface area contributed by atoms with Gasteiger partial charge in [0.15, 0.2) is 0 Å². The highest BCUT2D eigenvalue weighted by Crippen LogP contribution is 2.43. The lowest BCUT2D eigenvalue weighted by Crippen LogP contribution is -2.46. The summed E-state index contributed by atoms with van der Waals surface area (Å²) in [6.07, 6.45) is 4.78. The lowest BCUT2D eigenvalue weighted by molar-refractivity contribution is -0.110. The molecule has 3 nitrogen and oxygen atoms in total. The maximum Gasteiger partial charge on any atom is 0.0939 e. The fourth-order valence-electron chi connectivity index (χ4n) is 4.09. The Morgan fingerprint density at radius 1 is 1.14 bits per heavy atom. The molecule has 1 saturated carbocycles. The van der Waals surface area contributed by atoms with Crippen LogP contribution in [0.3, 0.4) is 0 Å². The first kappa shape index (κ1) is 23.2. The normalized spacial score (nSPS) is 24.8. The van der Waals surface area contributed by atoms with Gasteiger partial charge in [0.1, 0.15) is 0 Å². The number of aliphatic hydroxyl groups is 1. The zero-order valence-corrected chi connectivity index (χ0v) is 18.6. The minimum absolute atomic E-state index is 0. The molecule has 0 bridgehead atoms. The van der Waals surface area contributed by atoms with Gasteiger partial charge in [-0.3, -0.25) is 0 Å². The van der Waals surface area contributed by atoms with Gasteiger partial charge < -0.3 is 14.7 Å². The Kier molecular flexibility index (Phi) is 8.84. The average molecular weight is 422 g/mol. The Labute approximate surface area is 179 Å². The zero-order chi connectivity index (χ0) is 19.3. The monoisotopic (exact) mass is 421 g/mol. The molecular weight excluding hydrogens is 390 g/mol. The third-order valence-electron chi connectivity index (χ3n) is 5.55. The van der Waals surface area contributed by atoms with Gasteiger partial charge in [-0.2, -0.15) is 0 Å². The van der Waals surface area contributed by atoms with E-state index in [0.717, 1.165) is 31.4 Å². The molecule has 1 fully saturated rings. The summed E-state index contributed by atoms with van der Waals surface area (Å²) < 4.78 is 6.22. The summed E-state index contributed by atoms with van der Waals surface area (Å²) in [6, 6.07) is 18.7. The van der Waals surface area contributed by atoms with Crippen molar-refractivity contribution in [2.75, 3.05) is 26.9 Å². The van der Waals surface area contributed by atoms with Crippen molar-refractivity contribution in [1.29, 1.82) is 0 Å².